The normalized spacial score (nSPS) is 12.7. The lowest BCUT2D eigenvalue weighted by Gasteiger charge is -2.31. The van der Waals surface area contributed by atoms with E-state index in [2.05, 4.69) is 15.6 Å². The average molecular weight is 601 g/mol. The van der Waals surface area contributed by atoms with Crippen molar-refractivity contribution in [3.8, 4) is 11.5 Å². The smallest absolute Gasteiger partial charge is 0.270 e. The number of hydrogen-bond acceptors (Lipinski definition) is 5. The van der Waals surface area contributed by atoms with Crippen LogP contribution in [0.5, 0.6) is 11.5 Å². The SMILES string of the molecule is CCCC(C)(CNC(=O)c1c(C)nc2c(OCc3c(F)cccc3F)cc(C(F)F)cn12)NC(=O)COc1ccccc1. The van der Waals surface area contributed by atoms with Crippen molar-refractivity contribution in [3.63, 3.8) is 0 Å². The lowest BCUT2D eigenvalue weighted by Crippen LogP contribution is -2.54. The molecule has 4 aromatic rings. The molecule has 0 aliphatic rings. The molecule has 0 aliphatic heterocycles. The molecule has 2 N–H and O–H groups in total. The molecule has 2 aromatic carbocycles. The van der Waals surface area contributed by atoms with Gasteiger partial charge in [0.25, 0.3) is 18.2 Å². The Kier molecular flexibility index (Phi) is 9.89. The van der Waals surface area contributed by atoms with Gasteiger partial charge in [0.15, 0.2) is 18.0 Å². The Morgan fingerprint density at radius 2 is 1.74 bits per heavy atom. The number of fused-ring (bicyclic) bond motifs is 1. The summed E-state index contributed by atoms with van der Waals surface area (Å²) in [7, 11) is 0. The number of carbonyl (C=O) groups excluding carboxylic acids is 2. The van der Waals surface area contributed by atoms with E-state index >= 15 is 0 Å². The standard InChI is InChI=1S/C31H32F4N4O4/c1-4-13-31(3,38-26(40)17-42-21-9-6-5-7-10-21)18-36-30(41)27-19(2)37-29-25(14-20(28(34)35)15-39(27)29)43-16-22-23(32)11-8-12-24(22)33/h5-12,14-15,28H,4,13,16-18H2,1-3H3,(H,36,41)(H,38,40). The van der Waals surface area contributed by atoms with Crippen LogP contribution < -0.4 is 20.1 Å². The minimum Gasteiger partial charge on any atom is -0.485 e. The van der Waals surface area contributed by atoms with Gasteiger partial charge >= 0.3 is 0 Å². The van der Waals surface area contributed by atoms with Gasteiger partial charge in [0.05, 0.1) is 16.8 Å². The summed E-state index contributed by atoms with van der Waals surface area (Å²) in [4.78, 5) is 30.4. The number of nitrogens with one attached hydrogen (secondary N) is 2. The number of benzene rings is 2. The van der Waals surface area contributed by atoms with Crippen LogP contribution in [0.4, 0.5) is 17.6 Å². The molecular weight excluding hydrogens is 568 g/mol. The van der Waals surface area contributed by atoms with E-state index in [1.165, 1.54) is 17.4 Å². The van der Waals surface area contributed by atoms with Gasteiger partial charge in [-0.1, -0.05) is 37.6 Å². The highest BCUT2D eigenvalue weighted by Crippen LogP contribution is 2.30. The Balaban J connectivity index is 1.53. The van der Waals surface area contributed by atoms with E-state index in [0.717, 1.165) is 24.4 Å². The average Bonchev–Trinajstić information content (AvgIpc) is 3.31. The maximum absolute atomic E-state index is 14.1. The molecule has 1 atom stereocenters. The molecule has 4 rings (SSSR count). The molecule has 2 heterocycles. The quantitative estimate of drug-likeness (QED) is 0.186. The highest BCUT2D eigenvalue weighted by molar-refractivity contribution is 5.95. The fourth-order valence-corrected chi connectivity index (χ4v) is 4.71. The van der Waals surface area contributed by atoms with Crippen LogP contribution in [0.15, 0.2) is 60.8 Å². The third-order valence-electron chi connectivity index (χ3n) is 6.78. The Hall–Kier alpha value is -4.61. The van der Waals surface area contributed by atoms with Crippen LogP contribution in [0, 0.1) is 18.6 Å². The number of amides is 2. The number of para-hydroxylation sites is 1. The van der Waals surface area contributed by atoms with Gasteiger partial charge in [-0.25, -0.2) is 22.5 Å². The van der Waals surface area contributed by atoms with Crippen LogP contribution in [0.3, 0.4) is 0 Å². The Morgan fingerprint density at radius 1 is 1.05 bits per heavy atom. The molecule has 0 aliphatic carbocycles. The first kappa shape index (κ1) is 31.3. The monoisotopic (exact) mass is 600 g/mol. The van der Waals surface area contributed by atoms with Crippen molar-refractivity contribution in [1.82, 2.24) is 20.0 Å². The van der Waals surface area contributed by atoms with Crippen LogP contribution in [0.1, 0.15) is 60.4 Å². The van der Waals surface area contributed by atoms with Gasteiger partial charge in [-0.2, -0.15) is 0 Å². The molecule has 2 amide bonds. The first-order valence-electron chi connectivity index (χ1n) is 13.6. The Bertz CT molecular complexity index is 1580. The number of pyridine rings is 1. The van der Waals surface area contributed by atoms with Gasteiger partial charge < -0.3 is 20.1 Å². The minimum absolute atomic E-state index is 0.0199. The number of aromatic nitrogens is 2. The van der Waals surface area contributed by atoms with Crippen LogP contribution in [-0.2, 0) is 11.4 Å². The lowest BCUT2D eigenvalue weighted by molar-refractivity contribution is -0.124. The Morgan fingerprint density at radius 3 is 2.40 bits per heavy atom. The fraction of sp³-hybridized carbons (Fsp3) is 0.323. The fourth-order valence-electron chi connectivity index (χ4n) is 4.71. The van der Waals surface area contributed by atoms with E-state index in [0.29, 0.717) is 18.6 Å². The van der Waals surface area contributed by atoms with Gasteiger partial charge in [0, 0.05) is 18.3 Å². The van der Waals surface area contributed by atoms with Gasteiger partial charge in [-0.05, 0) is 50.6 Å². The molecule has 1 unspecified atom stereocenters. The van der Waals surface area contributed by atoms with Gasteiger partial charge in [-0.15, -0.1) is 0 Å². The van der Waals surface area contributed by atoms with Crippen molar-refractivity contribution < 1.29 is 36.6 Å². The van der Waals surface area contributed by atoms with Crippen molar-refractivity contribution in [2.24, 2.45) is 0 Å². The predicted molar refractivity (Wildman–Crippen MR) is 151 cm³/mol. The van der Waals surface area contributed by atoms with Crippen molar-refractivity contribution in [3.05, 3.63) is 94.9 Å². The van der Waals surface area contributed by atoms with E-state index < -0.39 is 41.7 Å². The summed E-state index contributed by atoms with van der Waals surface area (Å²) in [5.74, 6) is -2.35. The third kappa shape index (κ3) is 7.62. The molecule has 8 nitrogen and oxygen atoms in total. The number of nitrogens with zero attached hydrogens (tertiary/aromatic N) is 2. The number of ether oxygens (including phenoxy) is 2. The number of rotatable bonds is 13. The Labute approximate surface area is 246 Å². The van der Waals surface area contributed by atoms with Gasteiger partial charge in [0.1, 0.15) is 29.7 Å². The zero-order chi connectivity index (χ0) is 31.1. The van der Waals surface area contributed by atoms with Crippen LogP contribution in [0.2, 0.25) is 0 Å². The molecule has 0 spiro atoms. The van der Waals surface area contributed by atoms with Crippen molar-refractivity contribution >= 4 is 17.5 Å². The van der Waals surface area contributed by atoms with Crippen LogP contribution >= 0.6 is 0 Å². The summed E-state index contributed by atoms with van der Waals surface area (Å²) >= 11 is 0. The number of alkyl halides is 2. The predicted octanol–water partition coefficient (Wildman–Crippen LogP) is 5.92. The van der Waals surface area contributed by atoms with Crippen LogP contribution in [0.25, 0.3) is 5.65 Å². The summed E-state index contributed by atoms with van der Waals surface area (Å²) in [6.07, 6.45) is -0.644. The summed E-state index contributed by atoms with van der Waals surface area (Å²) in [6, 6.07) is 13.2. The minimum atomic E-state index is -2.93. The van der Waals surface area contributed by atoms with Gasteiger partial charge in [0.2, 0.25) is 0 Å². The maximum Gasteiger partial charge on any atom is 0.270 e. The highest BCUT2D eigenvalue weighted by atomic mass is 19.3. The van der Waals surface area contributed by atoms with E-state index in [4.69, 9.17) is 9.47 Å². The lowest BCUT2D eigenvalue weighted by atomic mass is 9.95. The van der Waals surface area contributed by atoms with Crippen molar-refractivity contribution in [2.45, 2.75) is 52.2 Å². The molecule has 43 heavy (non-hydrogen) atoms. The van der Waals surface area contributed by atoms with E-state index in [-0.39, 0.29) is 47.4 Å². The second-order valence-electron chi connectivity index (χ2n) is 10.3. The topological polar surface area (TPSA) is 94.0 Å². The molecule has 0 fully saturated rings. The van der Waals surface area contributed by atoms with E-state index in [9.17, 15) is 27.2 Å². The largest absolute Gasteiger partial charge is 0.485 e. The van der Waals surface area contributed by atoms with E-state index in [1.807, 2.05) is 13.0 Å². The second-order valence-corrected chi connectivity index (χ2v) is 10.3. The zero-order valence-corrected chi connectivity index (χ0v) is 23.9. The summed E-state index contributed by atoms with van der Waals surface area (Å²) < 4.78 is 68.2. The molecule has 0 saturated heterocycles. The summed E-state index contributed by atoms with van der Waals surface area (Å²) in [5, 5.41) is 5.69. The number of halogens is 4. The maximum atomic E-state index is 14.1. The molecule has 2 aromatic heterocycles. The first-order valence-corrected chi connectivity index (χ1v) is 13.6. The highest BCUT2D eigenvalue weighted by Gasteiger charge is 2.28. The number of hydrogen-bond donors (Lipinski definition) is 2. The molecule has 0 radical (unpaired) electrons. The van der Waals surface area contributed by atoms with Gasteiger partial charge in [-0.3, -0.25) is 14.0 Å². The number of imidazole rings is 1. The zero-order valence-electron chi connectivity index (χ0n) is 23.9. The van der Waals surface area contributed by atoms with E-state index in [1.54, 1.807) is 31.2 Å². The number of aryl methyl sites for hydroxylation is 1. The first-order chi connectivity index (χ1) is 20.5. The molecule has 12 heteroatoms. The second kappa shape index (κ2) is 13.6. The number of carbonyl (C=O) groups is 2. The molecular formula is C31H32F4N4O4. The molecule has 0 bridgehead atoms. The molecule has 0 saturated carbocycles. The van der Waals surface area contributed by atoms with Crippen LogP contribution in [-0.4, -0.2) is 39.9 Å². The third-order valence-corrected chi connectivity index (χ3v) is 6.78. The van der Waals surface area contributed by atoms with Crippen molar-refractivity contribution in [1.29, 1.82) is 0 Å². The molecule has 228 valence electrons. The summed E-state index contributed by atoms with van der Waals surface area (Å²) in [6.45, 7) is 4.45. The summed E-state index contributed by atoms with van der Waals surface area (Å²) in [5.41, 5.74) is -1.51. The van der Waals surface area contributed by atoms with Crippen molar-refractivity contribution in [2.75, 3.05) is 13.2 Å².